The van der Waals surface area contributed by atoms with Gasteiger partial charge in [-0.05, 0) is 51.5 Å². The normalized spacial score (nSPS) is 25.1. The minimum atomic E-state index is -0.115. The third-order valence-corrected chi connectivity index (χ3v) is 4.47. The van der Waals surface area contributed by atoms with Crippen LogP contribution in [0.2, 0.25) is 0 Å². The van der Waals surface area contributed by atoms with Crippen molar-refractivity contribution in [1.29, 1.82) is 0 Å². The zero-order valence-electron chi connectivity index (χ0n) is 13.2. The SMILES string of the molecule is CCOC(=O)C(CCN1CCCC1C(C)C)NC1CC1. The second kappa shape index (κ2) is 7.41. The van der Waals surface area contributed by atoms with Crippen molar-refractivity contribution < 1.29 is 9.53 Å². The van der Waals surface area contributed by atoms with Gasteiger partial charge in [-0.1, -0.05) is 13.8 Å². The fraction of sp³-hybridized carbons (Fsp3) is 0.938. The van der Waals surface area contributed by atoms with Gasteiger partial charge in [-0.3, -0.25) is 4.79 Å². The second-order valence-corrected chi connectivity index (χ2v) is 6.52. The quantitative estimate of drug-likeness (QED) is 0.693. The molecule has 0 amide bonds. The first-order valence-electron chi connectivity index (χ1n) is 8.28. The zero-order chi connectivity index (χ0) is 14.5. The van der Waals surface area contributed by atoms with Crippen molar-refractivity contribution in [2.45, 2.75) is 71.0 Å². The Hall–Kier alpha value is -0.610. The molecule has 2 aliphatic rings. The topological polar surface area (TPSA) is 41.6 Å². The van der Waals surface area contributed by atoms with Crippen LogP contribution in [-0.4, -0.2) is 48.7 Å². The molecule has 2 atom stereocenters. The van der Waals surface area contributed by atoms with Crippen LogP contribution in [0.1, 0.15) is 52.9 Å². The van der Waals surface area contributed by atoms with Crippen LogP contribution in [-0.2, 0) is 9.53 Å². The maximum atomic E-state index is 12.0. The van der Waals surface area contributed by atoms with E-state index in [-0.39, 0.29) is 12.0 Å². The molecule has 1 N–H and O–H groups in total. The predicted molar refractivity (Wildman–Crippen MR) is 80.6 cm³/mol. The summed E-state index contributed by atoms with van der Waals surface area (Å²) in [7, 11) is 0. The molecule has 1 aliphatic carbocycles. The maximum absolute atomic E-state index is 12.0. The fourth-order valence-electron chi connectivity index (χ4n) is 3.23. The minimum absolute atomic E-state index is 0.0697. The van der Waals surface area contributed by atoms with Crippen LogP contribution in [0.5, 0.6) is 0 Å². The number of likely N-dealkylation sites (tertiary alicyclic amines) is 1. The molecular weight excluding hydrogens is 252 g/mol. The summed E-state index contributed by atoms with van der Waals surface area (Å²) < 4.78 is 5.20. The average molecular weight is 282 g/mol. The van der Waals surface area contributed by atoms with Gasteiger partial charge in [0.05, 0.1) is 6.61 Å². The number of hydrogen-bond donors (Lipinski definition) is 1. The molecule has 0 aromatic carbocycles. The van der Waals surface area contributed by atoms with Crippen molar-refractivity contribution >= 4 is 5.97 Å². The molecule has 1 heterocycles. The van der Waals surface area contributed by atoms with Gasteiger partial charge in [0, 0.05) is 18.6 Å². The van der Waals surface area contributed by atoms with Crippen molar-refractivity contribution in [3.8, 4) is 0 Å². The molecular formula is C16H30N2O2. The minimum Gasteiger partial charge on any atom is -0.465 e. The largest absolute Gasteiger partial charge is 0.465 e. The zero-order valence-corrected chi connectivity index (χ0v) is 13.2. The molecule has 2 rings (SSSR count). The monoisotopic (exact) mass is 282 g/mol. The van der Waals surface area contributed by atoms with Gasteiger partial charge in [0.25, 0.3) is 0 Å². The molecule has 0 aromatic rings. The molecule has 4 heteroatoms. The van der Waals surface area contributed by atoms with Crippen molar-refractivity contribution in [2.75, 3.05) is 19.7 Å². The maximum Gasteiger partial charge on any atom is 0.323 e. The number of carbonyl (C=O) groups excluding carboxylic acids is 1. The van der Waals surface area contributed by atoms with Crippen molar-refractivity contribution in [3.05, 3.63) is 0 Å². The number of ether oxygens (including phenoxy) is 1. The summed E-state index contributed by atoms with van der Waals surface area (Å²) in [5.41, 5.74) is 0. The van der Waals surface area contributed by atoms with Gasteiger partial charge >= 0.3 is 5.97 Å². The highest BCUT2D eigenvalue weighted by Gasteiger charge is 2.31. The van der Waals surface area contributed by atoms with E-state index in [4.69, 9.17) is 4.74 Å². The lowest BCUT2D eigenvalue weighted by molar-refractivity contribution is -0.146. The summed E-state index contributed by atoms with van der Waals surface area (Å²) in [5, 5.41) is 3.44. The third-order valence-electron chi connectivity index (χ3n) is 4.47. The molecule has 0 aromatic heterocycles. The second-order valence-electron chi connectivity index (χ2n) is 6.52. The number of nitrogens with zero attached hydrogens (tertiary/aromatic N) is 1. The van der Waals surface area contributed by atoms with E-state index in [9.17, 15) is 4.79 Å². The number of rotatable bonds is 8. The summed E-state index contributed by atoms with van der Waals surface area (Å²) in [5.74, 6) is 0.634. The average Bonchev–Trinajstić information content (AvgIpc) is 3.09. The lowest BCUT2D eigenvalue weighted by Gasteiger charge is -2.29. The lowest BCUT2D eigenvalue weighted by atomic mass is 10.0. The predicted octanol–water partition coefficient (Wildman–Crippen LogP) is 2.18. The summed E-state index contributed by atoms with van der Waals surface area (Å²) in [4.78, 5) is 14.6. The van der Waals surface area contributed by atoms with E-state index >= 15 is 0 Å². The molecule has 0 spiro atoms. The van der Waals surface area contributed by atoms with Crippen LogP contribution in [0.4, 0.5) is 0 Å². The van der Waals surface area contributed by atoms with E-state index < -0.39 is 0 Å². The molecule has 1 aliphatic heterocycles. The number of hydrogen-bond acceptors (Lipinski definition) is 4. The van der Waals surface area contributed by atoms with Gasteiger partial charge < -0.3 is 15.0 Å². The Morgan fingerprint density at radius 1 is 1.35 bits per heavy atom. The lowest BCUT2D eigenvalue weighted by Crippen LogP contribution is -2.43. The molecule has 0 radical (unpaired) electrons. The van der Waals surface area contributed by atoms with Crippen molar-refractivity contribution in [2.24, 2.45) is 5.92 Å². The molecule has 116 valence electrons. The molecule has 4 nitrogen and oxygen atoms in total. The van der Waals surface area contributed by atoms with E-state index in [0.29, 0.717) is 24.6 Å². The van der Waals surface area contributed by atoms with Gasteiger partial charge in [0.1, 0.15) is 6.04 Å². The first kappa shape index (κ1) is 15.8. The molecule has 2 unspecified atom stereocenters. The van der Waals surface area contributed by atoms with Crippen molar-refractivity contribution in [3.63, 3.8) is 0 Å². The highest BCUT2D eigenvalue weighted by atomic mass is 16.5. The van der Waals surface area contributed by atoms with E-state index in [1.54, 1.807) is 0 Å². The Kier molecular flexibility index (Phi) is 5.85. The summed E-state index contributed by atoms with van der Waals surface area (Å²) in [6.07, 6.45) is 5.88. The number of nitrogens with one attached hydrogen (secondary N) is 1. The first-order chi connectivity index (χ1) is 9.61. The van der Waals surface area contributed by atoms with Crippen LogP contribution in [0.25, 0.3) is 0 Å². The van der Waals surface area contributed by atoms with Crippen LogP contribution < -0.4 is 5.32 Å². The van der Waals surface area contributed by atoms with Crippen LogP contribution in [0.15, 0.2) is 0 Å². The number of carbonyl (C=O) groups is 1. The Bertz CT molecular complexity index is 316. The summed E-state index contributed by atoms with van der Waals surface area (Å²) in [6, 6.07) is 1.12. The van der Waals surface area contributed by atoms with Gasteiger partial charge in [0.15, 0.2) is 0 Å². The van der Waals surface area contributed by atoms with Gasteiger partial charge in [-0.15, -0.1) is 0 Å². The standard InChI is InChI=1S/C16H30N2O2/c1-4-20-16(19)14(17-13-7-8-13)9-11-18-10-5-6-15(18)12(2)3/h12-15,17H,4-11H2,1-3H3. The highest BCUT2D eigenvalue weighted by molar-refractivity contribution is 5.75. The third kappa shape index (κ3) is 4.45. The van der Waals surface area contributed by atoms with Gasteiger partial charge in [0.2, 0.25) is 0 Å². The molecule has 20 heavy (non-hydrogen) atoms. The molecule has 0 bridgehead atoms. The van der Waals surface area contributed by atoms with Crippen LogP contribution in [0, 0.1) is 5.92 Å². The van der Waals surface area contributed by atoms with E-state index in [1.165, 1.54) is 32.2 Å². The van der Waals surface area contributed by atoms with Crippen molar-refractivity contribution in [1.82, 2.24) is 10.2 Å². The van der Waals surface area contributed by atoms with E-state index in [2.05, 4.69) is 24.1 Å². The van der Waals surface area contributed by atoms with Gasteiger partial charge in [-0.2, -0.15) is 0 Å². The highest BCUT2D eigenvalue weighted by Crippen LogP contribution is 2.25. The van der Waals surface area contributed by atoms with Gasteiger partial charge in [-0.25, -0.2) is 0 Å². The summed E-state index contributed by atoms with van der Waals surface area (Å²) in [6.45, 7) is 9.14. The van der Waals surface area contributed by atoms with E-state index in [1.807, 2.05) is 6.92 Å². The molecule has 1 saturated heterocycles. The fourth-order valence-corrected chi connectivity index (χ4v) is 3.23. The van der Waals surface area contributed by atoms with Crippen LogP contribution >= 0.6 is 0 Å². The number of esters is 1. The summed E-state index contributed by atoms with van der Waals surface area (Å²) >= 11 is 0. The Morgan fingerprint density at radius 2 is 2.10 bits per heavy atom. The van der Waals surface area contributed by atoms with E-state index in [0.717, 1.165) is 13.0 Å². The smallest absolute Gasteiger partial charge is 0.323 e. The first-order valence-corrected chi connectivity index (χ1v) is 8.28. The molecule has 2 fully saturated rings. The Labute approximate surface area is 123 Å². The molecule has 1 saturated carbocycles. The Morgan fingerprint density at radius 3 is 2.70 bits per heavy atom. The Balaban J connectivity index is 1.82. The van der Waals surface area contributed by atoms with Crippen LogP contribution in [0.3, 0.4) is 0 Å².